The molecule has 0 aromatic carbocycles. The normalized spacial score (nSPS) is 25.8. The lowest BCUT2D eigenvalue weighted by Crippen LogP contribution is -2.36. The fraction of sp³-hybridized carbons (Fsp3) is 0.667. The van der Waals surface area contributed by atoms with E-state index in [2.05, 4.69) is 10.3 Å². The maximum Gasteiger partial charge on any atom is 0.412 e. The van der Waals surface area contributed by atoms with Crippen LogP contribution >= 0.6 is 0 Å². The van der Waals surface area contributed by atoms with Crippen molar-refractivity contribution in [2.75, 3.05) is 11.9 Å². The Morgan fingerprint density at radius 3 is 2.76 bits per heavy atom. The quantitative estimate of drug-likeness (QED) is 0.641. The first kappa shape index (κ1) is 19.3. The van der Waals surface area contributed by atoms with E-state index in [0.29, 0.717) is 6.42 Å². The molecule has 4 atom stereocenters. The Balaban J connectivity index is 2.07. The molecular formula is C15H22FN3O6. The van der Waals surface area contributed by atoms with Crippen LogP contribution in [0.3, 0.4) is 0 Å². The van der Waals surface area contributed by atoms with Crippen LogP contribution in [-0.2, 0) is 9.47 Å². The van der Waals surface area contributed by atoms with Gasteiger partial charge in [0.2, 0.25) is 0 Å². The maximum atomic E-state index is 14.1. The summed E-state index contributed by atoms with van der Waals surface area (Å²) in [5.41, 5.74) is -0.951. The predicted molar refractivity (Wildman–Crippen MR) is 84.5 cm³/mol. The Bertz CT molecular complexity index is 667. The number of anilines is 1. The number of aliphatic hydroxyl groups excluding tert-OH is 2. The molecule has 1 aromatic rings. The van der Waals surface area contributed by atoms with Crippen LogP contribution in [-0.4, -0.2) is 50.8 Å². The Morgan fingerprint density at radius 1 is 1.44 bits per heavy atom. The molecule has 1 fully saturated rings. The monoisotopic (exact) mass is 359 g/mol. The van der Waals surface area contributed by atoms with Crippen LogP contribution in [0.1, 0.15) is 39.3 Å². The molecule has 0 radical (unpaired) electrons. The molecule has 2 rings (SSSR count). The van der Waals surface area contributed by atoms with Crippen molar-refractivity contribution in [1.29, 1.82) is 0 Å². The van der Waals surface area contributed by atoms with Gasteiger partial charge in [0.05, 0.1) is 18.9 Å². The SMILES string of the molecule is CCCCCOC(=O)Nc1nc(=O)n([C@H]2O[C@H](C)C(O)C2O)cc1F. The van der Waals surface area contributed by atoms with Gasteiger partial charge in [-0.3, -0.25) is 9.88 Å². The third-order valence-corrected chi connectivity index (χ3v) is 3.86. The molecule has 25 heavy (non-hydrogen) atoms. The Kier molecular flexibility index (Phi) is 6.45. The molecule has 140 valence electrons. The highest BCUT2D eigenvalue weighted by Crippen LogP contribution is 2.28. The van der Waals surface area contributed by atoms with Gasteiger partial charge in [0.1, 0.15) is 12.2 Å². The number of amides is 1. The van der Waals surface area contributed by atoms with Gasteiger partial charge in [-0.1, -0.05) is 19.8 Å². The number of ether oxygens (including phenoxy) is 2. The van der Waals surface area contributed by atoms with Crippen molar-refractivity contribution in [3.63, 3.8) is 0 Å². The summed E-state index contributed by atoms with van der Waals surface area (Å²) in [5, 5.41) is 21.6. The zero-order chi connectivity index (χ0) is 18.6. The van der Waals surface area contributed by atoms with E-state index in [-0.39, 0.29) is 6.61 Å². The van der Waals surface area contributed by atoms with Gasteiger partial charge in [-0.05, 0) is 13.3 Å². The number of nitrogens with zero attached hydrogens (tertiary/aromatic N) is 2. The average molecular weight is 359 g/mol. The number of aromatic nitrogens is 2. The van der Waals surface area contributed by atoms with Crippen molar-refractivity contribution < 1.29 is 28.9 Å². The van der Waals surface area contributed by atoms with Crippen molar-refractivity contribution in [3.05, 3.63) is 22.5 Å². The average Bonchev–Trinajstić information content (AvgIpc) is 2.82. The lowest BCUT2D eigenvalue weighted by Gasteiger charge is -2.17. The predicted octanol–water partition coefficient (Wildman–Crippen LogP) is 0.760. The van der Waals surface area contributed by atoms with E-state index in [0.717, 1.165) is 23.6 Å². The number of hydrogen-bond donors (Lipinski definition) is 3. The van der Waals surface area contributed by atoms with Gasteiger partial charge in [0.25, 0.3) is 0 Å². The van der Waals surface area contributed by atoms with Gasteiger partial charge in [-0.2, -0.15) is 4.98 Å². The van der Waals surface area contributed by atoms with Gasteiger partial charge < -0.3 is 19.7 Å². The number of hydrogen-bond acceptors (Lipinski definition) is 7. The van der Waals surface area contributed by atoms with Crippen LogP contribution in [0.5, 0.6) is 0 Å². The molecule has 3 N–H and O–H groups in total. The van der Waals surface area contributed by atoms with Crippen molar-refractivity contribution in [1.82, 2.24) is 9.55 Å². The summed E-state index contributed by atoms with van der Waals surface area (Å²) >= 11 is 0. The molecule has 1 saturated heterocycles. The smallest absolute Gasteiger partial charge is 0.412 e. The Hall–Kier alpha value is -2.04. The van der Waals surface area contributed by atoms with Crippen molar-refractivity contribution in [2.45, 2.75) is 57.6 Å². The van der Waals surface area contributed by atoms with Crippen LogP contribution in [0.2, 0.25) is 0 Å². The van der Waals surface area contributed by atoms with E-state index in [1.807, 2.05) is 6.92 Å². The molecule has 1 amide bonds. The fourth-order valence-corrected chi connectivity index (χ4v) is 2.42. The standard InChI is InChI=1S/C15H22FN3O6/c1-3-4-5-6-24-15(23)18-12-9(16)7-19(14(22)17-12)13-11(21)10(20)8(2)25-13/h7-8,10-11,13,20-21H,3-6H2,1-2H3,(H,17,18,22,23)/t8-,10?,11?,13+/m1/s1. The number of nitrogens with one attached hydrogen (secondary N) is 1. The second-order valence-electron chi connectivity index (χ2n) is 5.81. The lowest BCUT2D eigenvalue weighted by molar-refractivity contribution is -0.0355. The molecule has 0 bridgehead atoms. The number of carbonyl (C=O) groups excluding carboxylic acids is 1. The van der Waals surface area contributed by atoms with Crippen molar-refractivity contribution in [2.24, 2.45) is 0 Å². The Labute approximate surface area is 143 Å². The largest absolute Gasteiger partial charge is 0.449 e. The van der Waals surface area contributed by atoms with Crippen LogP contribution in [0.4, 0.5) is 15.0 Å². The van der Waals surface area contributed by atoms with Gasteiger partial charge in [0.15, 0.2) is 17.9 Å². The van der Waals surface area contributed by atoms with Gasteiger partial charge in [-0.25, -0.2) is 14.0 Å². The van der Waals surface area contributed by atoms with E-state index in [4.69, 9.17) is 9.47 Å². The van der Waals surface area contributed by atoms with E-state index >= 15 is 0 Å². The molecule has 1 aromatic heterocycles. The fourth-order valence-electron chi connectivity index (χ4n) is 2.42. The summed E-state index contributed by atoms with van der Waals surface area (Å²) in [6.45, 7) is 3.68. The van der Waals surface area contributed by atoms with E-state index in [1.165, 1.54) is 6.92 Å². The molecule has 10 heteroatoms. The first-order valence-electron chi connectivity index (χ1n) is 8.09. The molecule has 0 saturated carbocycles. The summed E-state index contributed by atoms with van der Waals surface area (Å²) in [6.07, 6.45) is -2.25. The van der Waals surface area contributed by atoms with Gasteiger partial charge in [-0.15, -0.1) is 0 Å². The minimum atomic E-state index is -1.41. The number of rotatable bonds is 6. The van der Waals surface area contributed by atoms with Crippen molar-refractivity contribution >= 4 is 11.9 Å². The maximum absolute atomic E-state index is 14.1. The number of aliphatic hydroxyl groups is 2. The van der Waals surface area contributed by atoms with E-state index in [1.54, 1.807) is 0 Å². The molecule has 0 aliphatic carbocycles. The summed E-state index contributed by atoms with van der Waals surface area (Å²) < 4.78 is 24.9. The molecule has 0 spiro atoms. The molecule has 1 aliphatic heterocycles. The van der Waals surface area contributed by atoms with Gasteiger partial charge in [0, 0.05) is 0 Å². The minimum Gasteiger partial charge on any atom is -0.449 e. The Morgan fingerprint density at radius 2 is 2.16 bits per heavy atom. The van der Waals surface area contributed by atoms with Gasteiger partial charge >= 0.3 is 11.8 Å². The van der Waals surface area contributed by atoms with Crippen LogP contribution < -0.4 is 11.0 Å². The molecule has 2 heterocycles. The summed E-state index contributed by atoms with van der Waals surface area (Å²) in [4.78, 5) is 27.0. The second kappa shape index (κ2) is 8.37. The first-order chi connectivity index (χ1) is 11.8. The third kappa shape index (κ3) is 4.53. The zero-order valence-electron chi connectivity index (χ0n) is 14.0. The highest BCUT2D eigenvalue weighted by atomic mass is 19.1. The molecular weight excluding hydrogens is 337 g/mol. The zero-order valence-corrected chi connectivity index (χ0v) is 14.0. The minimum absolute atomic E-state index is 0.177. The molecule has 1 aliphatic rings. The van der Waals surface area contributed by atoms with Crippen LogP contribution in [0.15, 0.2) is 11.0 Å². The molecule has 9 nitrogen and oxygen atoms in total. The topological polar surface area (TPSA) is 123 Å². The van der Waals surface area contributed by atoms with Crippen LogP contribution in [0, 0.1) is 5.82 Å². The highest BCUT2D eigenvalue weighted by Gasteiger charge is 2.42. The summed E-state index contributed by atoms with van der Waals surface area (Å²) in [7, 11) is 0. The first-order valence-corrected chi connectivity index (χ1v) is 8.09. The van der Waals surface area contributed by atoms with Crippen LogP contribution in [0.25, 0.3) is 0 Å². The molecule has 2 unspecified atom stereocenters. The lowest BCUT2D eigenvalue weighted by atomic mass is 10.1. The number of unbranched alkanes of at least 4 members (excludes halogenated alkanes) is 2. The van der Waals surface area contributed by atoms with E-state index in [9.17, 15) is 24.2 Å². The number of halogens is 1. The van der Waals surface area contributed by atoms with Crippen molar-refractivity contribution in [3.8, 4) is 0 Å². The second-order valence-corrected chi connectivity index (χ2v) is 5.81. The summed E-state index contributed by atoms with van der Waals surface area (Å²) in [6, 6.07) is 0. The van der Waals surface area contributed by atoms with E-state index < -0.39 is 48.0 Å². The number of carbonyl (C=O) groups is 1. The highest BCUT2D eigenvalue weighted by molar-refractivity contribution is 5.83. The third-order valence-electron chi connectivity index (χ3n) is 3.86. The summed E-state index contributed by atoms with van der Waals surface area (Å²) in [5.74, 6) is -1.59.